The smallest absolute Gasteiger partial charge is 0.123 e. The van der Waals surface area contributed by atoms with Gasteiger partial charge < -0.3 is 4.90 Å². The average molecular weight is 242 g/mol. The first-order valence-corrected chi connectivity index (χ1v) is 6.14. The van der Waals surface area contributed by atoms with Crippen LogP contribution < -0.4 is 0 Å². The molecule has 0 aliphatic heterocycles. The molecule has 1 fully saturated rings. The molecule has 0 atom stereocenters. The summed E-state index contributed by atoms with van der Waals surface area (Å²) in [6.45, 7) is 1.96. The van der Waals surface area contributed by atoms with Crippen molar-refractivity contribution in [3.05, 3.63) is 35.6 Å². The Morgan fingerprint density at radius 3 is 2.50 bits per heavy atom. The van der Waals surface area contributed by atoms with Gasteiger partial charge in [0.05, 0.1) is 0 Å². The van der Waals surface area contributed by atoms with E-state index >= 15 is 0 Å². The first kappa shape index (κ1) is 11.9. The fourth-order valence-corrected chi connectivity index (χ4v) is 2.71. The highest BCUT2D eigenvalue weighted by molar-refractivity contribution is 6.21. The molecule has 0 amide bonds. The van der Waals surface area contributed by atoms with Crippen molar-refractivity contribution in [2.24, 2.45) is 5.92 Å². The normalized spacial score (nSPS) is 24.5. The van der Waals surface area contributed by atoms with Gasteiger partial charge in [0.2, 0.25) is 0 Å². The number of hydrogen-bond acceptors (Lipinski definition) is 1. The van der Waals surface area contributed by atoms with E-state index in [0.29, 0.717) is 5.38 Å². The fourth-order valence-electron chi connectivity index (χ4n) is 2.21. The number of rotatable bonds is 4. The number of hydrogen-bond donors (Lipinski definition) is 0. The lowest BCUT2D eigenvalue weighted by Gasteiger charge is -2.34. The first-order chi connectivity index (χ1) is 7.63. The van der Waals surface area contributed by atoms with Crippen molar-refractivity contribution >= 4 is 11.6 Å². The van der Waals surface area contributed by atoms with Crippen LogP contribution >= 0.6 is 11.6 Å². The molecule has 0 bridgehead atoms. The summed E-state index contributed by atoms with van der Waals surface area (Å²) in [6.07, 6.45) is 2.27. The van der Waals surface area contributed by atoms with Gasteiger partial charge in [-0.1, -0.05) is 12.1 Å². The maximum atomic E-state index is 12.7. The lowest BCUT2D eigenvalue weighted by Crippen LogP contribution is -2.34. The Labute approximate surface area is 101 Å². The van der Waals surface area contributed by atoms with Crippen molar-refractivity contribution in [3.8, 4) is 0 Å². The molecular formula is C13H17ClFN. The van der Waals surface area contributed by atoms with Crippen LogP contribution in [0.4, 0.5) is 4.39 Å². The highest BCUT2D eigenvalue weighted by Crippen LogP contribution is 2.32. The van der Waals surface area contributed by atoms with E-state index in [1.807, 2.05) is 12.1 Å². The Balaban J connectivity index is 1.78. The number of benzene rings is 1. The first-order valence-electron chi connectivity index (χ1n) is 5.70. The highest BCUT2D eigenvalue weighted by Gasteiger charge is 2.27. The lowest BCUT2D eigenvalue weighted by molar-refractivity contribution is 0.204. The topological polar surface area (TPSA) is 3.24 Å². The largest absolute Gasteiger partial charge is 0.302 e. The molecule has 0 N–H and O–H groups in total. The Bertz CT molecular complexity index is 332. The minimum Gasteiger partial charge on any atom is -0.302 e. The predicted molar refractivity (Wildman–Crippen MR) is 65.1 cm³/mol. The second-order valence-corrected chi connectivity index (χ2v) is 5.38. The third kappa shape index (κ3) is 3.19. The van der Waals surface area contributed by atoms with Crippen molar-refractivity contribution in [2.45, 2.75) is 24.8 Å². The molecule has 1 aliphatic carbocycles. The van der Waals surface area contributed by atoms with Gasteiger partial charge in [-0.25, -0.2) is 4.39 Å². The van der Waals surface area contributed by atoms with Crippen LogP contribution in [-0.2, 0) is 6.54 Å². The molecule has 0 radical (unpaired) electrons. The monoisotopic (exact) mass is 241 g/mol. The average Bonchev–Trinajstić information content (AvgIpc) is 2.19. The summed E-state index contributed by atoms with van der Waals surface area (Å²) < 4.78 is 12.7. The molecule has 0 saturated heterocycles. The summed E-state index contributed by atoms with van der Waals surface area (Å²) in [5.41, 5.74) is 1.16. The van der Waals surface area contributed by atoms with Crippen LogP contribution in [0.25, 0.3) is 0 Å². The molecule has 3 heteroatoms. The predicted octanol–water partition coefficient (Wildman–Crippen LogP) is 3.27. The van der Waals surface area contributed by atoms with E-state index in [4.69, 9.17) is 11.6 Å². The molecule has 88 valence electrons. The Kier molecular flexibility index (Phi) is 3.82. The van der Waals surface area contributed by atoms with Crippen LogP contribution in [0.1, 0.15) is 18.4 Å². The summed E-state index contributed by atoms with van der Waals surface area (Å²) in [6, 6.07) is 6.72. The van der Waals surface area contributed by atoms with Gasteiger partial charge in [-0.05, 0) is 43.5 Å². The maximum absolute atomic E-state index is 12.7. The molecule has 0 aromatic heterocycles. The standard InChI is InChI=1S/C13H17ClFN/c1-16(9-11-6-12(14)7-11)8-10-2-4-13(15)5-3-10/h2-5,11-12H,6-9H2,1H3. The molecule has 0 heterocycles. The molecule has 16 heavy (non-hydrogen) atoms. The van der Waals surface area contributed by atoms with Gasteiger partial charge in [-0.3, -0.25) is 0 Å². The van der Waals surface area contributed by atoms with Gasteiger partial charge in [0.1, 0.15) is 5.82 Å². The second kappa shape index (κ2) is 5.15. The zero-order valence-electron chi connectivity index (χ0n) is 9.50. The number of halogens is 2. The van der Waals surface area contributed by atoms with Crippen LogP contribution in [0.5, 0.6) is 0 Å². The molecule has 1 aromatic rings. The third-order valence-corrected chi connectivity index (χ3v) is 3.47. The molecule has 0 spiro atoms. The summed E-state index contributed by atoms with van der Waals surface area (Å²) in [5.74, 6) is 0.573. The van der Waals surface area contributed by atoms with Gasteiger partial charge in [0, 0.05) is 18.5 Å². The van der Waals surface area contributed by atoms with Crippen LogP contribution in [0.3, 0.4) is 0 Å². The molecule has 1 saturated carbocycles. The van der Waals surface area contributed by atoms with Crippen molar-refractivity contribution in [2.75, 3.05) is 13.6 Å². The molecule has 0 unspecified atom stereocenters. The molecular weight excluding hydrogens is 225 g/mol. The highest BCUT2D eigenvalue weighted by atomic mass is 35.5. The van der Waals surface area contributed by atoms with E-state index in [9.17, 15) is 4.39 Å². The Morgan fingerprint density at radius 1 is 1.31 bits per heavy atom. The van der Waals surface area contributed by atoms with Gasteiger partial charge >= 0.3 is 0 Å². The van der Waals surface area contributed by atoms with E-state index in [2.05, 4.69) is 11.9 Å². The summed E-state index contributed by atoms with van der Waals surface area (Å²) in [4.78, 5) is 2.28. The van der Waals surface area contributed by atoms with Crippen LogP contribution in [0, 0.1) is 11.7 Å². The molecule has 1 nitrogen and oxygen atoms in total. The fraction of sp³-hybridized carbons (Fsp3) is 0.538. The second-order valence-electron chi connectivity index (χ2n) is 4.76. The van der Waals surface area contributed by atoms with Gasteiger partial charge in [0.25, 0.3) is 0 Å². The van der Waals surface area contributed by atoms with Gasteiger partial charge in [-0.2, -0.15) is 0 Å². The van der Waals surface area contributed by atoms with Crippen LogP contribution in [0.15, 0.2) is 24.3 Å². The van der Waals surface area contributed by atoms with Crippen molar-refractivity contribution in [1.29, 1.82) is 0 Å². The zero-order chi connectivity index (χ0) is 11.5. The van der Waals surface area contributed by atoms with E-state index in [-0.39, 0.29) is 5.82 Å². The maximum Gasteiger partial charge on any atom is 0.123 e. The molecule has 2 rings (SSSR count). The van der Waals surface area contributed by atoms with Gasteiger partial charge in [-0.15, -0.1) is 11.6 Å². The van der Waals surface area contributed by atoms with Crippen LogP contribution in [0.2, 0.25) is 0 Å². The van der Waals surface area contributed by atoms with Gasteiger partial charge in [0.15, 0.2) is 0 Å². The number of nitrogens with zero attached hydrogens (tertiary/aromatic N) is 1. The van der Waals surface area contributed by atoms with E-state index in [1.165, 1.54) is 12.1 Å². The summed E-state index contributed by atoms with van der Waals surface area (Å²) in [7, 11) is 2.10. The molecule has 1 aromatic carbocycles. The summed E-state index contributed by atoms with van der Waals surface area (Å²) in [5, 5.41) is 0.393. The van der Waals surface area contributed by atoms with E-state index in [1.54, 1.807) is 0 Å². The van der Waals surface area contributed by atoms with Crippen LogP contribution in [-0.4, -0.2) is 23.9 Å². The Hall–Kier alpha value is -0.600. The SMILES string of the molecule is CN(Cc1ccc(F)cc1)CC1CC(Cl)C1. The Morgan fingerprint density at radius 2 is 1.94 bits per heavy atom. The van der Waals surface area contributed by atoms with E-state index < -0.39 is 0 Å². The van der Waals surface area contributed by atoms with Crippen molar-refractivity contribution < 1.29 is 4.39 Å². The zero-order valence-corrected chi connectivity index (χ0v) is 10.3. The minimum atomic E-state index is -0.171. The van der Waals surface area contributed by atoms with E-state index in [0.717, 1.165) is 37.4 Å². The van der Waals surface area contributed by atoms with Crippen molar-refractivity contribution in [3.63, 3.8) is 0 Å². The third-order valence-electron chi connectivity index (χ3n) is 3.11. The lowest BCUT2D eigenvalue weighted by atomic mass is 9.84. The number of alkyl halides is 1. The minimum absolute atomic E-state index is 0.171. The summed E-state index contributed by atoms with van der Waals surface area (Å²) >= 11 is 5.94. The van der Waals surface area contributed by atoms with Crippen molar-refractivity contribution in [1.82, 2.24) is 4.90 Å². The molecule has 1 aliphatic rings. The quantitative estimate of drug-likeness (QED) is 0.732.